The Bertz CT molecular complexity index is 1080. The van der Waals surface area contributed by atoms with Crippen LogP contribution in [0.2, 0.25) is 10.0 Å². The molecule has 3 N–H and O–H groups in total. The quantitative estimate of drug-likeness (QED) is 0.408. The Morgan fingerprint density at radius 2 is 1.97 bits per heavy atom. The van der Waals surface area contributed by atoms with E-state index in [0.717, 1.165) is 48.9 Å². The second-order valence-electron chi connectivity index (χ2n) is 8.49. The minimum absolute atomic E-state index is 0.199. The number of nitrogens with zero attached hydrogens (tertiary/aromatic N) is 1. The van der Waals surface area contributed by atoms with Crippen LogP contribution in [0.4, 0.5) is 0 Å². The van der Waals surface area contributed by atoms with E-state index < -0.39 is 0 Å². The van der Waals surface area contributed by atoms with Gasteiger partial charge in [-0.3, -0.25) is 4.79 Å². The van der Waals surface area contributed by atoms with Crippen LogP contribution < -0.4 is 5.32 Å². The number of amides is 1. The van der Waals surface area contributed by atoms with E-state index >= 15 is 0 Å². The van der Waals surface area contributed by atoms with Crippen molar-refractivity contribution in [1.29, 1.82) is 0 Å². The van der Waals surface area contributed by atoms with Gasteiger partial charge < -0.3 is 25.0 Å². The van der Waals surface area contributed by atoms with Crippen LogP contribution in [-0.2, 0) is 4.74 Å². The van der Waals surface area contributed by atoms with Gasteiger partial charge in [-0.2, -0.15) is 0 Å². The minimum Gasteiger partial charge on any atom is -0.395 e. The number of aliphatic hydroxyl groups excluding tert-OH is 1. The average Bonchev–Trinajstić information content (AvgIpc) is 3.20. The van der Waals surface area contributed by atoms with E-state index in [-0.39, 0.29) is 18.6 Å². The molecule has 3 aromatic rings. The molecule has 1 atom stereocenters. The lowest BCUT2D eigenvalue weighted by molar-refractivity contribution is 0.0496. The number of aliphatic hydroxyl groups is 1. The van der Waals surface area contributed by atoms with Gasteiger partial charge in [0, 0.05) is 40.8 Å². The molecule has 0 spiro atoms. The Morgan fingerprint density at radius 1 is 1.18 bits per heavy atom. The number of carbonyl (C=O) groups excluding carboxylic acids is 1. The summed E-state index contributed by atoms with van der Waals surface area (Å²) in [5, 5.41) is 14.3. The number of nitrogens with one attached hydrogen (secondary N) is 2. The van der Waals surface area contributed by atoms with Crippen LogP contribution in [0.25, 0.3) is 10.9 Å². The number of H-pyrrole nitrogens is 1. The van der Waals surface area contributed by atoms with Gasteiger partial charge in [-0.05, 0) is 55.6 Å². The fraction of sp³-hybridized carbons (Fsp3) is 0.400. The molecule has 8 heteroatoms. The van der Waals surface area contributed by atoms with Crippen molar-refractivity contribution in [2.24, 2.45) is 5.92 Å². The Kier molecular flexibility index (Phi) is 8.28. The number of fused-ring (bicyclic) bond motifs is 1. The number of hydrogen-bond donors (Lipinski definition) is 3. The Hall–Kier alpha value is -2.09. The molecule has 2 heterocycles. The van der Waals surface area contributed by atoms with Crippen molar-refractivity contribution in [3.63, 3.8) is 0 Å². The molecule has 1 amide bonds. The highest BCUT2D eigenvalue weighted by Crippen LogP contribution is 2.26. The summed E-state index contributed by atoms with van der Waals surface area (Å²) in [6, 6.07) is 12.5. The molecule has 0 radical (unpaired) electrons. The smallest absolute Gasteiger partial charge is 0.251 e. The van der Waals surface area contributed by atoms with Gasteiger partial charge in [0.25, 0.3) is 5.91 Å². The van der Waals surface area contributed by atoms with E-state index in [4.69, 9.17) is 33.0 Å². The number of benzene rings is 2. The average molecular weight is 490 g/mol. The predicted octanol–water partition coefficient (Wildman–Crippen LogP) is 4.67. The van der Waals surface area contributed by atoms with E-state index in [2.05, 4.69) is 15.2 Å². The Balaban J connectivity index is 1.40. The number of rotatable bonds is 9. The number of piperidine rings is 1. The van der Waals surface area contributed by atoms with E-state index in [1.807, 2.05) is 30.3 Å². The van der Waals surface area contributed by atoms with Gasteiger partial charge in [0.05, 0.1) is 24.3 Å². The molecular formula is C25H29Cl2N3O3. The lowest BCUT2D eigenvalue weighted by Crippen LogP contribution is -2.37. The summed E-state index contributed by atoms with van der Waals surface area (Å²) >= 11 is 12.6. The van der Waals surface area contributed by atoms with Gasteiger partial charge >= 0.3 is 0 Å². The van der Waals surface area contributed by atoms with Crippen molar-refractivity contribution in [2.75, 3.05) is 39.5 Å². The van der Waals surface area contributed by atoms with Crippen molar-refractivity contribution < 1.29 is 14.6 Å². The molecule has 6 nitrogen and oxygen atoms in total. The summed E-state index contributed by atoms with van der Waals surface area (Å²) in [5.74, 6) is 0.274. The van der Waals surface area contributed by atoms with Crippen LogP contribution in [0, 0.1) is 5.92 Å². The Labute approximate surface area is 203 Å². The third-order valence-electron chi connectivity index (χ3n) is 6.24. The molecule has 1 aromatic heterocycles. The van der Waals surface area contributed by atoms with Gasteiger partial charge in [-0.25, -0.2) is 0 Å². The van der Waals surface area contributed by atoms with Crippen LogP contribution in [0.1, 0.15) is 34.8 Å². The van der Waals surface area contributed by atoms with Gasteiger partial charge in [0.2, 0.25) is 0 Å². The van der Waals surface area contributed by atoms with Gasteiger partial charge in [-0.1, -0.05) is 47.5 Å². The summed E-state index contributed by atoms with van der Waals surface area (Å²) < 4.78 is 6.09. The molecule has 176 valence electrons. The fourth-order valence-corrected chi connectivity index (χ4v) is 4.80. The number of halogens is 2. The van der Waals surface area contributed by atoms with E-state index in [9.17, 15) is 4.79 Å². The highest BCUT2D eigenvalue weighted by Gasteiger charge is 2.22. The van der Waals surface area contributed by atoms with Gasteiger partial charge in [-0.15, -0.1) is 0 Å². The number of ether oxygens (including phenoxy) is 1. The normalized spacial score (nSPS) is 16.2. The number of aromatic nitrogens is 1. The monoisotopic (exact) mass is 489 g/mol. The van der Waals surface area contributed by atoms with Gasteiger partial charge in [0.1, 0.15) is 0 Å². The molecule has 1 aliphatic rings. The number of carbonyl (C=O) groups is 1. The largest absolute Gasteiger partial charge is 0.395 e. The molecule has 1 fully saturated rings. The van der Waals surface area contributed by atoms with E-state index in [0.29, 0.717) is 34.7 Å². The predicted molar refractivity (Wildman–Crippen MR) is 132 cm³/mol. The maximum absolute atomic E-state index is 13.1. The minimum atomic E-state index is -0.372. The second kappa shape index (κ2) is 11.4. The third kappa shape index (κ3) is 6.08. The van der Waals surface area contributed by atoms with Crippen LogP contribution >= 0.6 is 23.2 Å². The SMILES string of the molecule is O=C(NC(COCC1CCN(CCO)CC1)c1ccccc1Cl)c1ccc2c(Cl)c[nH]c2c1. The molecule has 4 rings (SSSR count). The molecular weight excluding hydrogens is 461 g/mol. The number of aromatic amines is 1. The molecule has 0 saturated carbocycles. The van der Waals surface area contributed by atoms with Crippen molar-refractivity contribution in [2.45, 2.75) is 18.9 Å². The number of β-amino-alcohol motifs (C(OH)–C–C–N with tert-alkyl or cyclic N) is 1. The summed E-state index contributed by atoms with van der Waals surface area (Å²) in [6.45, 7) is 3.85. The summed E-state index contributed by atoms with van der Waals surface area (Å²) in [7, 11) is 0. The maximum atomic E-state index is 13.1. The van der Waals surface area contributed by atoms with Crippen LogP contribution in [0.15, 0.2) is 48.7 Å². The van der Waals surface area contributed by atoms with Crippen LogP contribution in [0.3, 0.4) is 0 Å². The molecule has 1 unspecified atom stereocenters. The van der Waals surface area contributed by atoms with E-state index in [1.165, 1.54) is 0 Å². The zero-order chi connectivity index (χ0) is 23.2. The van der Waals surface area contributed by atoms with Crippen molar-refractivity contribution in [3.8, 4) is 0 Å². The van der Waals surface area contributed by atoms with Crippen molar-refractivity contribution >= 4 is 40.0 Å². The first-order chi connectivity index (χ1) is 16.0. The Morgan fingerprint density at radius 3 is 2.73 bits per heavy atom. The lowest BCUT2D eigenvalue weighted by Gasteiger charge is -2.31. The van der Waals surface area contributed by atoms with Crippen LogP contribution in [0.5, 0.6) is 0 Å². The van der Waals surface area contributed by atoms with Crippen molar-refractivity contribution in [1.82, 2.24) is 15.2 Å². The standard InChI is InChI=1S/C25H29Cl2N3O3/c26-21-4-2-1-3-19(21)24(16-33-15-17-7-9-30(10-8-17)11-12-31)29-25(32)18-5-6-20-22(27)14-28-23(20)13-18/h1-6,13-14,17,24,28,31H,7-12,15-16H2,(H,29,32). The zero-order valence-corrected chi connectivity index (χ0v) is 19.9. The fourth-order valence-electron chi connectivity index (χ4n) is 4.31. The van der Waals surface area contributed by atoms with Crippen LogP contribution in [-0.4, -0.2) is 60.4 Å². The van der Waals surface area contributed by atoms with E-state index in [1.54, 1.807) is 18.3 Å². The van der Waals surface area contributed by atoms with Crippen molar-refractivity contribution in [3.05, 3.63) is 69.8 Å². The molecule has 0 aliphatic carbocycles. The highest BCUT2D eigenvalue weighted by atomic mass is 35.5. The first kappa shape index (κ1) is 24.0. The zero-order valence-electron chi connectivity index (χ0n) is 18.4. The maximum Gasteiger partial charge on any atom is 0.251 e. The molecule has 1 saturated heterocycles. The highest BCUT2D eigenvalue weighted by molar-refractivity contribution is 6.35. The topological polar surface area (TPSA) is 77.6 Å². The summed E-state index contributed by atoms with van der Waals surface area (Å²) in [5.41, 5.74) is 2.18. The first-order valence-electron chi connectivity index (χ1n) is 11.3. The van der Waals surface area contributed by atoms with Gasteiger partial charge in [0.15, 0.2) is 0 Å². The summed E-state index contributed by atoms with van der Waals surface area (Å²) in [6.07, 6.45) is 3.80. The number of likely N-dealkylation sites (tertiary alicyclic amines) is 1. The third-order valence-corrected chi connectivity index (χ3v) is 6.90. The lowest BCUT2D eigenvalue weighted by atomic mass is 9.98. The molecule has 1 aliphatic heterocycles. The second-order valence-corrected chi connectivity index (χ2v) is 9.31. The molecule has 0 bridgehead atoms. The number of hydrogen-bond acceptors (Lipinski definition) is 4. The molecule has 33 heavy (non-hydrogen) atoms. The first-order valence-corrected chi connectivity index (χ1v) is 12.0. The summed E-state index contributed by atoms with van der Waals surface area (Å²) in [4.78, 5) is 18.4. The molecule has 2 aromatic carbocycles.